The Morgan fingerprint density at radius 1 is 1.07 bits per heavy atom. The first-order chi connectivity index (χ1) is 14.4. The Bertz CT molecular complexity index is 1210. The molecule has 0 aliphatic carbocycles. The average molecular weight is 419 g/mol. The van der Waals surface area contributed by atoms with Crippen molar-refractivity contribution in [2.24, 2.45) is 0 Å². The van der Waals surface area contributed by atoms with Crippen molar-refractivity contribution in [1.82, 2.24) is 14.8 Å². The summed E-state index contributed by atoms with van der Waals surface area (Å²) in [6.07, 6.45) is 2.82. The number of aryl methyl sites for hydroxylation is 1. The van der Waals surface area contributed by atoms with E-state index in [1.165, 1.54) is 5.56 Å². The van der Waals surface area contributed by atoms with Crippen LogP contribution in [0.5, 0.6) is 0 Å². The fraction of sp³-hybridized carbons (Fsp3) is 0.250. The van der Waals surface area contributed by atoms with Gasteiger partial charge in [-0.15, -0.1) is 0 Å². The summed E-state index contributed by atoms with van der Waals surface area (Å²) < 4.78 is 18.0. The highest BCUT2D eigenvalue weighted by atomic mass is 32.2. The van der Waals surface area contributed by atoms with E-state index in [1.54, 1.807) is 10.9 Å². The van der Waals surface area contributed by atoms with Gasteiger partial charge in [-0.25, -0.2) is 8.89 Å². The number of nitrogens with zero attached hydrogens (tertiary/aromatic N) is 3. The van der Waals surface area contributed by atoms with Crippen molar-refractivity contribution in [2.45, 2.75) is 44.4 Å². The van der Waals surface area contributed by atoms with Gasteiger partial charge in [0, 0.05) is 17.6 Å². The second-order valence-electron chi connectivity index (χ2n) is 8.06. The van der Waals surface area contributed by atoms with Crippen LogP contribution < -0.4 is 4.72 Å². The number of aromatic nitrogens is 3. The Hall–Kier alpha value is -2.99. The van der Waals surface area contributed by atoms with E-state index in [2.05, 4.69) is 47.7 Å². The van der Waals surface area contributed by atoms with Crippen LogP contribution in [-0.4, -0.2) is 19.0 Å². The van der Waals surface area contributed by atoms with Crippen molar-refractivity contribution >= 4 is 27.7 Å². The molecule has 0 aliphatic rings. The van der Waals surface area contributed by atoms with E-state index in [-0.39, 0.29) is 5.41 Å². The maximum Gasteiger partial charge on any atom is 0.151 e. The molecular formula is C24H26N4OS. The van der Waals surface area contributed by atoms with E-state index in [0.29, 0.717) is 5.82 Å². The zero-order valence-corrected chi connectivity index (χ0v) is 18.5. The Morgan fingerprint density at radius 3 is 2.57 bits per heavy atom. The zero-order chi connectivity index (χ0) is 21.3. The van der Waals surface area contributed by atoms with Crippen molar-refractivity contribution in [3.8, 4) is 5.69 Å². The number of nitrogens with one attached hydrogen (secondary N) is 1. The van der Waals surface area contributed by atoms with Gasteiger partial charge in [0.05, 0.1) is 21.8 Å². The van der Waals surface area contributed by atoms with Crippen molar-refractivity contribution in [3.63, 3.8) is 0 Å². The van der Waals surface area contributed by atoms with E-state index >= 15 is 0 Å². The second-order valence-corrected chi connectivity index (χ2v) is 9.28. The fourth-order valence-electron chi connectivity index (χ4n) is 3.42. The van der Waals surface area contributed by atoms with E-state index in [9.17, 15) is 4.21 Å². The Morgan fingerprint density at radius 2 is 1.83 bits per heavy atom. The molecule has 0 aliphatic heterocycles. The second kappa shape index (κ2) is 8.03. The minimum absolute atomic E-state index is 0.103. The van der Waals surface area contributed by atoms with Crippen LogP contribution in [0.4, 0.5) is 5.82 Å². The van der Waals surface area contributed by atoms with Gasteiger partial charge >= 0.3 is 0 Å². The van der Waals surface area contributed by atoms with Gasteiger partial charge in [0.25, 0.3) is 0 Å². The zero-order valence-electron chi connectivity index (χ0n) is 17.7. The molecule has 5 nitrogen and oxygen atoms in total. The van der Waals surface area contributed by atoms with Gasteiger partial charge in [-0.05, 0) is 60.7 Å². The summed E-state index contributed by atoms with van der Waals surface area (Å²) in [6, 6.07) is 19.8. The van der Waals surface area contributed by atoms with Gasteiger partial charge in [0.15, 0.2) is 11.0 Å². The van der Waals surface area contributed by atoms with Crippen LogP contribution in [-0.2, 0) is 16.4 Å². The van der Waals surface area contributed by atoms with E-state index in [0.717, 1.165) is 33.6 Å². The number of hydrogen-bond donors (Lipinski definition) is 1. The third kappa shape index (κ3) is 3.87. The molecule has 2 aromatic carbocycles. The predicted molar refractivity (Wildman–Crippen MR) is 123 cm³/mol. The number of anilines is 1. The van der Waals surface area contributed by atoms with Gasteiger partial charge in [-0.1, -0.05) is 39.0 Å². The lowest BCUT2D eigenvalue weighted by Gasteiger charge is -2.23. The first-order valence-electron chi connectivity index (χ1n) is 10.1. The van der Waals surface area contributed by atoms with E-state index in [4.69, 9.17) is 0 Å². The lowest BCUT2D eigenvalue weighted by atomic mass is 9.82. The van der Waals surface area contributed by atoms with Crippen molar-refractivity contribution in [3.05, 3.63) is 78.1 Å². The lowest BCUT2D eigenvalue weighted by Crippen LogP contribution is -2.15. The van der Waals surface area contributed by atoms with Crippen molar-refractivity contribution in [2.75, 3.05) is 4.72 Å². The van der Waals surface area contributed by atoms with Crippen LogP contribution in [0.3, 0.4) is 0 Å². The molecule has 0 radical (unpaired) electrons. The maximum atomic E-state index is 13.0. The summed E-state index contributed by atoms with van der Waals surface area (Å²) in [5.74, 6) is 0.681. The van der Waals surface area contributed by atoms with Crippen molar-refractivity contribution < 1.29 is 4.21 Å². The third-order valence-corrected chi connectivity index (χ3v) is 6.71. The third-order valence-electron chi connectivity index (χ3n) is 5.61. The minimum Gasteiger partial charge on any atom is -0.285 e. The van der Waals surface area contributed by atoms with Gasteiger partial charge in [-0.3, -0.25) is 9.71 Å². The quantitative estimate of drug-likeness (QED) is 0.446. The molecule has 0 fully saturated rings. The number of fused-ring (bicyclic) bond motifs is 1. The topological polar surface area (TPSA) is 59.8 Å². The van der Waals surface area contributed by atoms with Crippen LogP contribution in [0.2, 0.25) is 0 Å². The molecule has 0 saturated heterocycles. The molecule has 154 valence electrons. The molecule has 2 heterocycles. The predicted octanol–water partition coefficient (Wildman–Crippen LogP) is 5.55. The van der Waals surface area contributed by atoms with Crippen molar-refractivity contribution in [1.29, 1.82) is 0 Å². The standard InChI is InChI=1S/C24H26N4OS/c1-5-24(3,4)18-11-13-19(14-12-18)30(29)27-23-16-17(2)26-28(23)22-10-6-9-21-20(22)8-7-15-25-21/h6-16,27H,5H2,1-4H3. The van der Waals surface area contributed by atoms with Gasteiger partial charge < -0.3 is 0 Å². The number of benzene rings is 2. The fourth-order valence-corrected chi connectivity index (χ4v) is 4.25. The molecule has 0 amide bonds. The molecule has 1 N–H and O–H groups in total. The maximum absolute atomic E-state index is 13.0. The first-order valence-corrected chi connectivity index (χ1v) is 11.2. The normalized spacial score (nSPS) is 12.8. The monoisotopic (exact) mass is 418 g/mol. The molecule has 30 heavy (non-hydrogen) atoms. The number of hydrogen-bond acceptors (Lipinski definition) is 3. The molecule has 1 atom stereocenters. The van der Waals surface area contributed by atoms with Gasteiger partial charge in [0.2, 0.25) is 0 Å². The lowest BCUT2D eigenvalue weighted by molar-refractivity contribution is 0.506. The average Bonchev–Trinajstić information content (AvgIpc) is 3.13. The molecule has 4 aromatic rings. The van der Waals surface area contributed by atoms with Crippen LogP contribution in [0.1, 0.15) is 38.4 Å². The summed E-state index contributed by atoms with van der Waals surface area (Å²) >= 11 is 0. The molecule has 0 saturated carbocycles. The summed E-state index contributed by atoms with van der Waals surface area (Å²) in [4.78, 5) is 5.16. The highest BCUT2D eigenvalue weighted by Crippen LogP contribution is 2.28. The van der Waals surface area contributed by atoms with E-state index in [1.807, 2.05) is 55.5 Å². The van der Waals surface area contributed by atoms with Crippen LogP contribution in [0, 0.1) is 6.92 Å². The van der Waals surface area contributed by atoms with E-state index < -0.39 is 11.0 Å². The Kier molecular flexibility index (Phi) is 5.43. The molecule has 1 unspecified atom stereocenters. The molecule has 6 heteroatoms. The summed E-state index contributed by atoms with van der Waals surface area (Å²) in [5, 5.41) is 5.62. The highest BCUT2D eigenvalue weighted by Gasteiger charge is 2.19. The largest absolute Gasteiger partial charge is 0.285 e. The number of rotatable bonds is 6. The Balaban J connectivity index is 1.66. The minimum atomic E-state index is -1.40. The van der Waals surface area contributed by atoms with Crippen LogP contribution in [0.25, 0.3) is 16.6 Å². The van der Waals surface area contributed by atoms with Crippen LogP contribution in [0.15, 0.2) is 71.8 Å². The van der Waals surface area contributed by atoms with Gasteiger partial charge in [0.1, 0.15) is 5.82 Å². The van der Waals surface area contributed by atoms with Gasteiger partial charge in [-0.2, -0.15) is 5.10 Å². The Labute approximate surface area is 179 Å². The molecular weight excluding hydrogens is 392 g/mol. The first kappa shape index (κ1) is 20.3. The summed E-state index contributed by atoms with van der Waals surface area (Å²) in [7, 11) is -1.40. The molecule has 2 aromatic heterocycles. The smallest absolute Gasteiger partial charge is 0.151 e. The summed E-state index contributed by atoms with van der Waals surface area (Å²) in [6.45, 7) is 8.55. The highest BCUT2D eigenvalue weighted by molar-refractivity contribution is 7.86. The molecule has 0 spiro atoms. The SMILES string of the molecule is CCC(C)(C)c1ccc(S(=O)Nc2cc(C)nn2-c2cccc3ncccc23)cc1. The van der Waals surface area contributed by atoms with Crippen LogP contribution >= 0.6 is 0 Å². The molecule has 4 rings (SSSR count). The summed E-state index contributed by atoms with van der Waals surface area (Å²) in [5.41, 5.74) is 3.98. The molecule has 0 bridgehead atoms. The number of pyridine rings is 1.